The second-order valence-electron chi connectivity index (χ2n) is 4.12. The first-order chi connectivity index (χ1) is 7.42. The molecule has 2 rings (SSSR count). The summed E-state index contributed by atoms with van der Waals surface area (Å²) in [6.07, 6.45) is 7.15. The van der Waals surface area contributed by atoms with Crippen LogP contribution in [0.15, 0.2) is 36.9 Å². The summed E-state index contributed by atoms with van der Waals surface area (Å²) in [5, 5.41) is 0. The first-order valence-corrected chi connectivity index (χ1v) is 5.74. The molecule has 1 aliphatic rings. The van der Waals surface area contributed by atoms with E-state index in [2.05, 4.69) is 24.8 Å². The average Bonchev–Trinajstić information content (AvgIpc) is 2.80. The Bertz CT molecular complexity index is 324. The van der Waals surface area contributed by atoms with Crippen LogP contribution in [-0.4, -0.2) is 6.61 Å². The number of hydrogen-bond acceptors (Lipinski definition) is 1. The Morgan fingerprint density at radius 3 is 2.73 bits per heavy atom. The zero-order valence-electron chi connectivity index (χ0n) is 9.11. The van der Waals surface area contributed by atoms with Gasteiger partial charge in [-0.1, -0.05) is 43.7 Å². The molecule has 1 saturated carbocycles. The fourth-order valence-electron chi connectivity index (χ4n) is 2.33. The minimum absolute atomic E-state index is 0.601. The lowest BCUT2D eigenvalue weighted by Crippen LogP contribution is -2.00. The van der Waals surface area contributed by atoms with Crippen LogP contribution in [0, 0.1) is 0 Å². The van der Waals surface area contributed by atoms with Gasteiger partial charge in [-0.05, 0) is 30.4 Å². The molecule has 0 atom stereocenters. The van der Waals surface area contributed by atoms with Crippen molar-refractivity contribution in [2.75, 3.05) is 6.61 Å². The standard InChI is InChI=1S/C14H18O/c1-2-11-15-14-10-6-5-9-13(14)12-7-3-4-8-12/h2,5-6,9-10,12H,1,3-4,7-8,11H2. The van der Waals surface area contributed by atoms with Crippen LogP contribution in [0.3, 0.4) is 0 Å². The lowest BCUT2D eigenvalue weighted by Gasteiger charge is -2.14. The topological polar surface area (TPSA) is 9.23 Å². The Balaban J connectivity index is 2.16. The largest absolute Gasteiger partial charge is 0.489 e. The molecular formula is C14H18O. The third-order valence-electron chi connectivity index (χ3n) is 3.07. The third-order valence-corrected chi connectivity index (χ3v) is 3.07. The molecule has 1 fully saturated rings. The third kappa shape index (κ3) is 2.41. The molecule has 1 nitrogen and oxygen atoms in total. The Morgan fingerprint density at radius 1 is 1.27 bits per heavy atom. The van der Waals surface area contributed by atoms with Crippen molar-refractivity contribution >= 4 is 0 Å². The van der Waals surface area contributed by atoms with E-state index in [1.807, 2.05) is 6.07 Å². The summed E-state index contributed by atoms with van der Waals surface area (Å²) in [5.41, 5.74) is 1.39. The molecule has 80 valence electrons. The lowest BCUT2D eigenvalue weighted by molar-refractivity contribution is 0.356. The quantitative estimate of drug-likeness (QED) is 0.673. The van der Waals surface area contributed by atoms with Gasteiger partial charge in [0.25, 0.3) is 0 Å². The number of ether oxygens (including phenoxy) is 1. The van der Waals surface area contributed by atoms with Crippen LogP contribution < -0.4 is 4.74 Å². The molecule has 0 unspecified atom stereocenters. The highest BCUT2D eigenvalue weighted by molar-refractivity contribution is 5.36. The summed E-state index contributed by atoms with van der Waals surface area (Å²) in [5.74, 6) is 1.76. The Hall–Kier alpha value is -1.24. The molecule has 0 spiro atoms. The van der Waals surface area contributed by atoms with E-state index >= 15 is 0 Å². The molecule has 0 saturated heterocycles. The SMILES string of the molecule is C=CCOc1ccccc1C1CCCC1. The molecule has 1 heteroatoms. The predicted octanol–water partition coefficient (Wildman–Crippen LogP) is 3.91. The summed E-state index contributed by atoms with van der Waals surface area (Å²) < 4.78 is 5.68. The van der Waals surface area contributed by atoms with Gasteiger partial charge in [-0.25, -0.2) is 0 Å². The highest BCUT2D eigenvalue weighted by Crippen LogP contribution is 2.38. The van der Waals surface area contributed by atoms with Crippen LogP contribution >= 0.6 is 0 Å². The van der Waals surface area contributed by atoms with Gasteiger partial charge in [-0.2, -0.15) is 0 Å². The van der Waals surface area contributed by atoms with E-state index in [0.29, 0.717) is 12.5 Å². The van der Waals surface area contributed by atoms with Crippen molar-refractivity contribution in [1.29, 1.82) is 0 Å². The van der Waals surface area contributed by atoms with Gasteiger partial charge in [0.15, 0.2) is 0 Å². The molecule has 0 heterocycles. The van der Waals surface area contributed by atoms with Crippen molar-refractivity contribution in [1.82, 2.24) is 0 Å². The van der Waals surface area contributed by atoms with Gasteiger partial charge >= 0.3 is 0 Å². The minimum atomic E-state index is 0.601. The molecular weight excluding hydrogens is 184 g/mol. The van der Waals surface area contributed by atoms with E-state index in [-0.39, 0.29) is 0 Å². The first kappa shape index (κ1) is 10.3. The van der Waals surface area contributed by atoms with Crippen LogP contribution in [-0.2, 0) is 0 Å². The molecule has 0 bridgehead atoms. The van der Waals surface area contributed by atoms with Gasteiger partial charge in [0.05, 0.1) is 0 Å². The monoisotopic (exact) mass is 202 g/mol. The van der Waals surface area contributed by atoms with Crippen LogP contribution in [0.4, 0.5) is 0 Å². The van der Waals surface area contributed by atoms with Crippen LogP contribution in [0.5, 0.6) is 5.75 Å². The van der Waals surface area contributed by atoms with Crippen LogP contribution in [0.2, 0.25) is 0 Å². The fraction of sp³-hybridized carbons (Fsp3) is 0.429. The minimum Gasteiger partial charge on any atom is -0.489 e. The van der Waals surface area contributed by atoms with Crippen molar-refractivity contribution in [2.45, 2.75) is 31.6 Å². The Kier molecular flexibility index (Phi) is 3.44. The van der Waals surface area contributed by atoms with Crippen molar-refractivity contribution in [3.8, 4) is 5.75 Å². The van der Waals surface area contributed by atoms with Gasteiger partial charge in [-0.3, -0.25) is 0 Å². The van der Waals surface area contributed by atoms with Crippen molar-refractivity contribution < 1.29 is 4.74 Å². The molecule has 0 aromatic heterocycles. The van der Waals surface area contributed by atoms with Gasteiger partial charge in [0.1, 0.15) is 12.4 Å². The molecule has 1 aliphatic carbocycles. The Labute approximate surface area is 91.8 Å². The van der Waals surface area contributed by atoms with Gasteiger partial charge in [-0.15, -0.1) is 0 Å². The van der Waals surface area contributed by atoms with Crippen LogP contribution in [0.1, 0.15) is 37.2 Å². The fourth-order valence-corrected chi connectivity index (χ4v) is 2.33. The van der Waals surface area contributed by atoms with Crippen molar-refractivity contribution in [2.24, 2.45) is 0 Å². The van der Waals surface area contributed by atoms with Crippen molar-refractivity contribution in [3.63, 3.8) is 0 Å². The normalized spacial score (nSPS) is 16.5. The number of rotatable bonds is 4. The Morgan fingerprint density at radius 2 is 2.00 bits per heavy atom. The zero-order valence-corrected chi connectivity index (χ0v) is 9.11. The second kappa shape index (κ2) is 5.01. The maximum absolute atomic E-state index is 5.68. The van der Waals surface area contributed by atoms with Crippen molar-refractivity contribution in [3.05, 3.63) is 42.5 Å². The summed E-state index contributed by atoms with van der Waals surface area (Å²) in [6.45, 7) is 4.28. The van der Waals surface area contributed by atoms with Gasteiger partial charge in [0, 0.05) is 0 Å². The van der Waals surface area contributed by atoms with Gasteiger partial charge in [0.2, 0.25) is 0 Å². The van der Waals surface area contributed by atoms with Gasteiger partial charge < -0.3 is 4.74 Å². The molecule has 15 heavy (non-hydrogen) atoms. The zero-order chi connectivity index (χ0) is 10.5. The summed E-state index contributed by atoms with van der Waals surface area (Å²) in [6, 6.07) is 8.41. The second-order valence-corrected chi connectivity index (χ2v) is 4.12. The number of hydrogen-bond donors (Lipinski definition) is 0. The average molecular weight is 202 g/mol. The van der Waals surface area contributed by atoms with E-state index in [9.17, 15) is 0 Å². The van der Waals surface area contributed by atoms with E-state index in [1.54, 1.807) is 6.08 Å². The highest BCUT2D eigenvalue weighted by Gasteiger charge is 2.19. The molecule has 0 aliphatic heterocycles. The summed E-state index contributed by atoms with van der Waals surface area (Å²) in [7, 11) is 0. The molecule has 1 aromatic rings. The van der Waals surface area contributed by atoms with E-state index in [1.165, 1.54) is 31.2 Å². The highest BCUT2D eigenvalue weighted by atomic mass is 16.5. The molecule has 0 radical (unpaired) electrons. The lowest BCUT2D eigenvalue weighted by atomic mass is 9.97. The first-order valence-electron chi connectivity index (χ1n) is 5.74. The maximum Gasteiger partial charge on any atom is 0.123 e. The summed E-state index contributed by atoms with van der Waals surface area (Å²) in [4.78, 5) is 0. The summed E-state index contributed by atoms with van der Waals surface area (Å²) >= 11 is 0. The molecule has 0 N–H and O–H groups in total. The van der Waals surface area contributed by atoms with E-state index in [4.69, 9.17) is 4.74 Å². The smallest absolute Gasteiger partial charge is 0.123 e. The van der Waals surface area contributed by atoms with Crippen LogP contribution in [0.25, 0.3) is 0 Å². The predicted molar refractivity (Wildman–Crippen MR) is 63.3 cm³/mol. The number of para-hydroxylation sites is 1. The number of benzene rings is 1. The van der Waals surface area contributed by atoms with E-state index < -0.39 is 0 Å². The molecule has 1 aromatic carbocycles. The molecule has 0 amide bonds. The maximum atomic E-state index is 5.68. The van der Waals surface area contributed by atoms with E-state index in [0.717, 1.165) is 5.75 Å².